The van der Waals surface area contributed by atoms with Crippen LogP contribution in [0.2, 0.25) is 0 Å². The van der Waals surface area contributed by atoms with Gasteiger partial charge < -0.3 is 23.7 Å². The van der Waals surface area contributed by atoms with Gasteiger partial charge in [0.25, 0.3) is 5.91 Å². The molecule has 0 radical (unpaired) electrons. The fraction of sp³-hybridized carbons (Fsp3) is 0.150. The number of carbonyl (C=O) groups is 2. The molecule has 1 N–H and O–H groups in total. The van der Waals surface area contributed by atoms with Crippen molar-refractivity contribution in [3.63, 3.8) is 0 Å². The second kappa shape index (κ2) is 7.07. The number of hydrogen-bond donors (Lipinski definition) is 1. The minimum absolute atomic E-state index is 0.0634. The molecule has 8 nitrogen and oxygen atoms in total. The Morgan fingerprint density at radius 2 is 1.93 bits per heavy atom. The van der Waals surface area contributed by atoms with E-state index in [1.807, 2.05) is 24.3 Å². The van der Waals surface area contributed by atoms with Gasteiger partial charge in [0.2, 0.25) is 5.76 Å². The van der Waals surface area contributed by atoms with Crippen molar-refractivity contribution in [2.75, 3.05) is 19.0 Å². The van der Waals surface area contributed by atoms with E-state index in [0.717, 1.165) is 16.4 Å². The van der Waals surface area contributed by atoms with Crippen LogP contribution in [0.1, 0.15) is 16.2 Å². The van der Waals surface area contributed by atoms with Gasteiger partial charge in [-0.25, -0.2) is 4.79 Å². The minimum atomic E-state index is -0.768. The Balaban J connectivity index is 1.52. The van der Waals surface area contributed by atoms with Crippen LogP contribution >= 0.6 is 0 Å². The van der Waals surface area contributed by atoms with Crippen LogP contribution in [0.5, 0.6) is 5.75 Å². The summed E-state index contributed by atoms with van der Waals surface area (Å²) >= 11 is 0. The summed E-state index contributed by atoms with van der Waals surface area (Å²) in [5, 5.41) is 8.08. The Hall–Kier alpha value is -3.81. The van der Waals surface area contributed by atoms with Gasteiger partial charge in [0, 0.05) is 22.9 Å². The molecule has 2 aromatic heterocycles. The number of nitrogens with zero attached hydrogens (tertiary/aromatic N) is 1. The van der Waals surface area contributed by atoms with Crippen LogP contribution in [0.25, 0.3) is 21.9 Å². The zero-order chi connectivity index (χ0) is 19.7. The van der Waals surface area contributed by atoms with E-state index in [4.69, 9.17) is 18.4 Å². The summed E-state index contributed by atoms with van der Waals surface area (Å²) in [7, 11) is 1.51. The van der Waals surface area contributed by atoms with Crippen molar-refractivity contribution < 1.29 is 28.0 Å². The van der Waals surface area contributed by atoms with E-state index in [1.54, 1.807) is 19.1 Å². The zero-order valence-corrected chi connectivity index (χ0v) is 15.1. The van der Waals surface area contributed by atoms with Gasteiger partial charge in [-0.1, -0.05) is 23.4 Å². The number of fused-ring (bicyclic) bond motifs is 3. The van der Waals surface area contributed by atoms with Crippen LogP contribution in [0, 0.1) is 6.92 Å². The Morgan fingerprint density at radius 1 is 1.11 bits per heavy atom. The Morgan fingerprint density at radius 3 is 2.68 bits per heavy atom. The average Bonchev–Trinajstić information content (AvgIpc) is 3.28. The largest absolute Gasteiger partial charge is 0.495 e. The monoisotopic (exact) mass is 380 g/mol. The summed E-state index contributed by atoms with van der Waals surface area (Å²) in [6, 6.07) is 12.5. The molecule has 0 aliphatic carbocycles. The second-order valence-corrected chi connectivity index (χ2v) is 6.10. The maximum atomic E-state index is 12.2. The topological polar surface area (TPSA) is 104 Å². The van der Waals surface area contributed by atoms with Gasteiger partial charge in [-0.15, -0.1) is 0 Å². The van der Waals surface area contributed by atoms with E-state index in [0.29, 0.717) is 22.7 Å². The summed E-state index contributed by atoms with van der Waals surface area (Å²) in [5.41, 5.74) is 2.29. The number of aromatic nitrogens is 1. The first kappa shape index (κ1) is 17.6. The fourth-order valence-electron chi connectivity index (χ4n) is 2.87. The molecule has 28 heavy (non-hydrogen) atoms. The van der Waals surface area contributed by atoms with Crippen molar-refractivity contribution in [2.24, 2.45) is 0 Å². The number of carbonyl (C=O) groups excluding carboxylic acids is 2. The van der Waals surface area contributed by atoms with Gasteiger partial charge in [0.15, 0.2) is 6.61 Å². The molecule has 0 unspecified atom stereocenters. The summed E-state index contributed by atoms with van der Waals surface area (Å²) in [6.45, 7) is 1.19. The molecule has 2 heterocycles. The molecule has 0 atom stereocenters. The Kier molecular flexibility index (Phi) is 4.44. The third-order valence-electron chi connectivity index (χ3n) is 4.14. The number of methoxy groups -OCH3 is 1. The number of nitrogens with one attached hydrogen (secondary N) is 1. The van der Waals surface area contributed by atoms with Gasteiger partial charge in [-0.2, -0.15) is 0 Å². The van der Waals surface area contributed by atoms with Gasteiger partial charge >= 0.3 is 5.97 Å². The summed E-state index contributed by atoms with van der Waals surface area (Å²) < 4.78 is 20.9. The Bertz CT molecular complexity index is 1190. The molecular weight excluding hydrogens is 364 g/mol. The molecule has 2 aromatic carbocycles. The molecule has 0 saturated carbocycles. The standard InChI is InChI=1S/C20H16N2O6/c1-11-7-18(28-22-11)20(24)26-10-19(23)21-14-9-16-13(8-17(14)25-2)12-5-3-4-6-15(12)27-16/h3-9H,10H2,1-2H3,(H,21,23). The lowest BCUT2D eigenvalue weighted by Crippen LogP contribution is -2.21. The maximum absolute atomic E-state index is 12.2. The third kappa shape index (κ3) is 3.27. The second-order valence-electron chi connectivity index (χ2n) is 6.10. The number of ether oxygens (including phenoxy) is 2. The number of esters is 1. The van der Waals surface area contributed by atoms with E-state index in [1.165, 1.54) is 13.2 Å². The molecule has 0 saturated heterocycles. The third-order valence-corrected chi connectivity index (χ3v) is 4.14. The highest BCUT2D eigenvalue weighted by Gasteiger charge is 2.17. The number of benzene rings is 2. The average molecular weight is 380 g/mol. The van der Waals surface area contributed by atoms with E-state index in [2.05, 4.69) is 10.5 Å². The fourth-order valence-corrected chi connectivity index (χ4v) is 2.87. The van der Waals surface area contributed by atoms with Gasteiger partial charge in [-0.3, -0.25) is 4.79 Å². The van der Waals surface area contributed by atoms with Crippen molar-refractivity contribution >= 4 is 39.5 Å². The Labute approximate surface area is 159 Å². The smallest absolute Gasteiger partial charge is 0.377 e. The number of hydrogen-bond acceptors (Lipinski definition) is 7. The van der Waals surface area contributed by atoms with Gasteiger partial charge in [0.05, 0.1) is 18.5 Å². The first-order valence-electron chi connectivity index (χ1n) is 8.44. The molecule has 0 aliphatic rings. The summed E-state index contributed by atoms with van der Waals surface area (Å²) in [5.74, 6) is -0.898. The lowest BCUT2D eigenvalue weighted by Gasteiger charge is -2.10. The van der Waals surface area contributed by atoms with Crippen molar-refractivity contribution in [1.29, 1.82) is 0 Å². The lowest BCUT2D eigenvalue weighted by molar-refractivity contribution is -0.119. The summed E-state index contributed by atoms with van der Waals surface area (Å²) in [6.07, 6.45) is 0. The predicted octanol–water partition coefficient (Wildman–Crippen LogP) is 3.69. The van der Waals surface area contributed by atoms with E-state index in [-0.39, 0.29) is 5.76 Å². The molecule has 4 rings (SSSR count). The van der Waals surface area contributed by atoms with Crippen molar-refractivity contribution in [3.05, 3.63) is 53.9 Å². The van der Waals surface area contributed by atoms with Crippen LogP contribution in [0.15, 0.2) is 51.4 Å². The predicted molar refractivity (Wildman–Crippen MR) is 100 cm³/mol. The first-order chi connectivity index (χ1) is 13.5. The maximum Gasteiger partial charge on any atom is 0.377 e. The number of rotatable bonds is 5. The number of anilines is 1. The number of para-hydroxylation sites is 1. The minimum Gasteiger partial charge on any atom is -0.495 e. The van der Waals surface area contributed by atoms with Crippen LogP contribution < -0.4 is 10.1 Å². The van der Waals surface area contributed by atoms with Crippen molar-refractivity contribution in [2.45, 2.75) is 6.92 Å². The normalized spacial score (nSPS) is 10.9. The molecule has 1 amide bonds. The van der Waals surface area contributed by atoms with Crippen LogP contribution in [0.3, 0.4) is 0 Å². The SMILES string of the molecule is COc1cc2c(cc1NC(=O)COC(=O)c1cc(C)no1)oc1ccccc12. The number of aryl methyl sites for hydroxylation is 1. The molecule has 0 spiro atoms. The number of furan rings is 1. The van der Waals surface area contributed by atoms with Gasteiger partial charge in [-0.05, 0) is 19.1 Å². The lowest BCUT2D eigenvalue weighted by atomic mass is 10.1. The highest BCUT2D eigenvalue weighted by Crippen LogP contribution is 2.36. The molecule has 0 bridgehead atoms. The van der Waals surface area contributed by atoms with Crippen molar-refractivity contribution in [1.82, 2.24) is 5.16 Å². The first-order valence-corrected chi connectivity index (χ1v) is 8.44. The van der Waals surface area contributed by atoms with Crippen molar-refractivity contribution in [3.8, 4) is 5.75 Å². The highest BCUT2D eigenvalue weighted by molar-refractivity contribution is 6.08. The van der Waals surface area contributed by atoms with Gasteiger partial charge in [0.1, 0.15) is 16.9 Å². The molecule has 0 fully saturated rings. The number of amides is 1. The molecule has 142 valence electrons. The van der Waals surface area contributed by atoms with E-state index >= 15 is 0 Å². The molecule has 8 heteroatoms. The molecule has 4 aromatic rings. The van der Waals surface area contributed by atoms with Crippen LogP contribution in [-0.2, 0) is 9.53 Å². The quantitative estimate of drug-likeness (QED) is 0.527. The van der Waals surface area contributed by atoms with E-state index < -0.39 is 18.5 Å². The summed E-state index contributed by atoms with van der Waals surface area (Å²) in [4.78, 5) is 24.0. The van der Waals surface area contributed by atoms with Crippen LogP contribution in [0.4, 0.5) is 5.69 Å². The van der Waals surface area contributed by atoms with E-state index in [9.17, 15) is 9.59 Å². The van der Waals surface area contributed by atoms with Crippen LogP contribution in [-0.4, -0.2) is 30.7 Å². The zero-order valence-electron chi connectivity index (χ0n) is 15.1. The highest BCUT2D eigenvalue weighted by atomic mass is 16.6. The molecular formula is C20H16N2O6. The molecule has 0 aliphatic heterocycles.